The molecule has 15 heteroatoms. The SMILES string of the molecule is CN1CCc2nc(C(=O)N3CCN(S(=O)(=O)c4cc5cc(Cl)ccc5n4O)CC3CC(=O)N3CCOCC3)sc2C1. The van der Waals surface area contributed by atoms with Crippen LogP contribution in [0.25, 0.3) is 10.9 Å². The van der Waals surface area contributed by atoms with Crippen LogP contribution in [0.5, 0.6) is 0 Å². The lowest BCUT2D eigenvalue weighted by Crippen LogP contribution is -2.58. The van der Waals surface area contributed by atoms with E-state index in [2.05, 4.69) is 9.88 Å². The van der Waals surface area contributed by atoms with Crippen LogP contribution < -0.4 is 0 Å². The fourth-order valence-electron chi connectivity index (χ4n) is 5.63. The highest BCUT2D eigenvalue weighted by molar-refractivity contribution is 7.89. The van der Waals surface area contributed by atoms with Crippen LogP contribution in [0.4, 0.5) is 0 Å². The zero-order valence-electron chi connectivity index (χ0n) is 22.5. The Balaban J connectivity index is 1.28. The molecule has 3 aromatic rings. The summed E-state index contributed by atoms with van der Waals surface area (Å²) in [6, 6.07) is 5.35. The molecule has 1 unspecified atom stereocenters. The van der Waals surface area contributed by atoms with Crippen LogP contribution in [0.2, 0.25) is 5.02 Å². The van der Waals surface area contributed by atoms with E-state index in [9.17, 15) is 23.2 Å². The lowest BCUT2D eigenvalue weighted by molar-refractivity contribution is -0.136. The first-order chi connectivity index (χ1) is 19.6. The summed E-state index contributed by atoms with van der Waals surface area (Å²) in [6.07, 6.45) is 0.726. The van der Waals surface area contributed by atoms with E-state index in [0.717, 1.165) is 30.1 Å². The summed E-state index contributed by atoms with van der Waals surface area (Å²) >= 11 is 7.44. The van der Waals surface area contributed by atoms with E-state index in [-0.39, 0.29) is 42.9 Å². The van der Waals surface area contributed by atoms with Crippen molar-refractivity contribution in [2.75, 3.05) is 59.5 Å². The van der Waals surface area contributed by atoms with Crippen LogP contribution in [0.1, 0.15) is 26.8 Å². The molecule has 0 bridgehead atoms. The standard InChI is InChI=1S/C26H31ClN6O6S2/c1-29-5-4-20-22(16-29)40-25(28-20)26(35)32-7-6-31(15-19(32)14-23(34)30-8-10-39-11-9-30)41(37,38)24-13-17-12-18(27)2-3-21(17)33(24)36/h2-3,12-13,19,36H,4-11,14-16H2,1H3. The molecule has 41 heavy (non-hydrogen) atoms. The first kappa shape index (κ1) is 28.4. The number of likely N-dealkylation sites (N-methyl/N-ethyl adjacent to an activating group) is 1. The number of carbonyl (C=O) groups excluding carboxylic acids is 2. The minimum absolute atomic E-state index is 0.00638. The molecule has 2 aromatic heterocycles. The van der Waals surface area contributed by atoms with Gasteiger partial charge in [0.1, 0.15) is 0 Å². The van der Waals surface area contributed by atoms with E-state index >= 15 is 0 Å². The highest BCUT2D eigenvalue weighted by Gasteiger charge is 2.40. The normalized spacial score (nSPS) is 20.9. The number of carbonyl (C=O) groups is 2. The highest BCUT2D eigenvalue weighted by atomic mass is 35.5. The number of benzene rings is 1. The van der Waals surface area contributed by atoms with Gasteiger partial charge in [0.15, 0.2) is 10.0 Å². The minimum Gasteiger partial charge on any atom is -0.427 e. The Bertz CT molecular complexity index is 1600. The summed E-state index contributed by atoms with van der Waals surface area (Å²) in [4.78, 5) is 38.2. The van der Waals surface area contributed by atoms with E-state index in [1.54, 1.807) is 28.0 Å². The number of sulfonamides is 1. The summed E-state index contributed by atoms with van der Waals surface area (Å²) in [7, 11) is -2.16. The second-order valence-electron chi connectivity index (χ2n) is 10.6. The molecule has 12 nitrogen and oxygen atoms in total. The second kappa shape index (κ2) is 11.2. The van der Waals surface area contributed by atoms with Crippen molar-refractivity contribution in [3.8, 4) is 0 Å². The minimum atomic E-state index is -4.18. The van der Waals surface area contributed by atoms with Gasteiger partial charge in [0.2, 0.25) is 5.91 Å². The molecular formula is C26H31ClN6O6S2. The van der Waals surface area contributed by atoms with Gasteiger partial charge < -0.3 is 24.6 Å². The van der Waals surface area contributed by atoms with Gasteiger partial charge in [-0.1, -0.05) is 11.6 Å². The number of hydrogen-bond acceptors (Lipinski definition) is 9. The molecule has 1 aromatic carbocycles. The van der Waals surface area contributed by atoms with Gasteiger partial charge in [-0.2, -0.15) is 9.04 Å². The molecule has 6 rings (SSSR count). The number of amides is 2. The molecule has 0 aliphatic carbocycles. The summed E-state index contributed by atoms with van der Waals surface area (Å²) in [5, 5.41) is 11.7. The maximum Gasteiger partial charge on any atom is 0.283 e. The Labute approximate surface area is 246 Å². The third-order valence-corrected chi connectivity index (χ3v) is 11.0. The van der Waals surface area contributed by atoms with Gasteiger partial charge in [-0.05, 0) is 31.3 Å². The smallest absolute Gasteiger partial charge is 0.283 e. The van der Waals surface area contributed by atoms with Gasteiger partial charge in [0.05, 0.1) is 30.5 Å². The number of thiazole rings is 1. The molecule has 0 radical (unpaired) electrons. The van der Waals surface area contributed by atoms with Crippen molar-refractivity contribution in [1.82, 2.24) is 28.7 Å². The predicted molar refractivity (Wildman–Crippen MR) is 152 cm³/mol. The zero-order valence-corrected chi connectivity index (χ0v) is 24.9. The number of rotatable bonds is 5. The maximum absolute atomic E-state index is 13.8. The fraction of sp³-hybridized carbons (Fsp3) is 0.500. The van der Waals surface area contributed by atoms with Crippen molar-refractivity contribution in [3.63, 3.8) is 0 Å². The average Bonchev–Trinajstić information content (AvgIpc) is 3.53. The van der Waals surface area contributed by atoms with Gasteiger partial charge in [-0.15, -0.1) is 11.3 Å². The van der Waals surface area contributed by atoms with E-state index in [1.807, 2.05) is 7.05 Å². The molecule has 1 atom stereocenters. The second-order valence-corrected chi connectivity index (χ2v) is 14.0. The van der Waals surface area contributed by atoms with Crippen LogP contribution in [0.3, 0.4) is 0 Å². The molecular weight excluding hydrogens is 592 g/mol. The van der Waals surface area contributed by atoms with Crippen molar-refractivity contribution < 1.29 is 28.0 Å². The summed E-state index contributed by atoms with van der Waals surface area (Å²) < 4.78 is 34.8. The Morgan fingerprint density at radius 1 is 1.15 bits per heavy atom. The van der Waals surface area contributed by atoms with Crippen molar-refractivity contribution in [3.05, 3.63) is 44.9 Å². The molecule has 3 aliphatic rings. The van der Waals surface area contributed by atoms with Crippen LogP contribution in [0.15, 0.2) is 29.3 Å². The van der Waals surface area contributed by atoms with Crippen molar-refractivity contribution in [2.45, 2.75) is 30.5 Å². The van der Waals surface area contributed by atoms with Gasteiger partial charge in [-0.25, -0.2) is 13.4 Å². The largest absolute Gasteiger partial charge is 0.427 e. The summed E-state index contributed by atoms with van der Waals surface area (Å²) in [6.45, 7) is 3.35. The predicted octanol–water partition coefficient (Wildman–Crippen LogP) is 1.74. The molecule has 2 fully saturated rings. The van der Waals surface area contributed by atoms with Gasteiger partial charge in [0, 0.05) is 73.9 Å². The first-order valence-corrected chi connectivity index (χ1v) is 16.1. The molecule has 220 valence electrons. The number of halogens is 1. The van der Waals surface area contributed by atoms with Crippen LogP contribution in [-0.4, -0.2) is 120 Å². The molecule has 1 N–H and O–H groups in total. The van der Waals surface area contributed by atoms with E-state index < -0.39 is 16.1 Å². The third-order valence-electron chi connectivity index (χ3n) is 7.90. The van der Waals surface area contributed by atoms with Crippen molar-refractivity contribution in [1.29, 1.82) is 0 Å². The lowest BCUT2D eigenvalue weighted by Gasteiger charge is -2.41. The number of aromatic nitrogens is 2. The zero-order chi connectivity index (χ0) is 28.9. The monoisotopic (exact) mass is 622 g/mol. The van der Waals surface area contributed by atoms with Crippen LogP contribution >= 0.6 is 22.9 Å². The Morgan fingerprint density at radius 3 is 2.71 bits per heavy atom. The molecule has 0 saturated carbocycles. The van der Waals surface area contributed by atoms with Gasteiger partial charge in [-0.3, -0.25) is 9.59 Å². The van der Waals surface area contributed by atoms with Gasteiger partial charge >= 0.3 is 0 Å². The van der Waals surface area contributed by atoms with Gasteiger partial charge in [0.25, 0.3) is 15.9 Å². The lowest BCUT2D eigenvalue weighted by atomic mass is 10.1. The topological polar surface area (TPSA) is 129 Å². The van der Waals surface area contributed by atoms with Crippen LogP contribution in [-0.2, 0) is 32.5 Å². The van der Waals surface area contributed by atoms with E-state index in [0.29, 0.717) is 52.0 Å². The van der Waals surface area contributed by atoms with Crippen molar-refractivity contribution >= 4 is 55.7 Å². The quantitative estimate of drug-likeness (QED) is 0.426. The third kappa shape index (κ3) is 5.44. The number of fused-ring (bicyclic) bond motifs is 2. The number of piperazine rings is 1. The summed E-state index contributed by atoms with van der Waals surface area (Å²) in [5.74, 6) is -0.462. The Kier molecular flexibility index (Phi) is 7.72. The fourth-order valence-corrected chi connectivity index (χ4v) is 8.50. The first-order valence-electron chi connectivity index (χ1n) is 13.5. The van der Waals surface area contributed by atoms with E-state index in [1.165, 1.54) is 21.7 Å². The highest BCUT2D eigenvalue weighted by Crippen LogP contribution is 2.30. The Morgan fingerprint density at radius 2 is 1.93 bits per heavy atom. The molecule has 2 amide bonds. The summed E-state index contributed by atoms with van der Waals surface area (Å²) in [5.41, 5.74) is 1.23. The maximum atomic E-state index is 13.8. The molecule has 3 aliphatic heterocycles. The molecule has 5 heterocycles. The Hall–Kier alpha value is -2.75. The average molecular weight is 623 g/mol. The van der Waals surface area contributed by atoms with E-state index in [4.69, 9.17) is 16.3 Å². The molecule has 0 spiro atoms. The number of nitrogens with zero attached hydrogens (tertiary/aromatic N) is 6. The van der Waals surface area contributed by atoms with Crippen LogP contribution in [0, 0.1) is 0 Å². The number of ether oxygens (including phenoxy) is 1. The van der Waals surface area contributed by atoms with Crippen molar-refractivity contribution in [2.24, 2.45) is 0 Å². The number of morpholine rings is 1. The molecule has 2 saturated heterocycles. The number of hydrogen-bond donors (Lipinski definition) is 1.